The zero-order chi connectivity index (χ0) is 17.9. The summed E-state index contributed by atoms with van der Waals surface area (Å²) < 4.78 is 13.5. The number of hydrogen-bond acceptors (Lipinski definition) is 5. The molecule has 130 valence electrons. The van der Waals surface area contributed by atoms with Crippen LogP contribution in [0.1, 0.15) is 46.6 Å². The molecule has 0 aliphatic carbocycles. The first-order valence-corrected chi connectivity index (χ1v) is 9.20. The van der Waals surface area contributed by atoms with Crippen molar-refractivity contribution in [3.8, 4) is 0 Å². The Hall–Kier alpha value is -0.945. The molecule has 2 heterocycles. The molecule has 0 spiro atoms. The van der Waals surface area contributed by atoms with Crippen molar-refractivity contribution in [2.45, 2.75) is 58.3 Å². The zero-order valence-electron chi connectivity index (χ0n) is 15.9. The van der Waals surface area contributed by atoms with Crippen molar-refractivity contribution in [3.63, 3.8) is 0 Å². The molecule has 0 saturated carbocycles. The number of aromatic nitrogens is 1. The Morgan fingerprint density at radius 2 is 1.67 bits per heavy atom. The fourth-order valence-electron chi connectivity index (χ4n) is 2.52. The minimum atomic E-state index is -0.341. The number of rotatable bonds is 3. The van der Waals surface area contributed by atoms with Crippen molar-refractivity contribution >= 4 is 34.1 Å². The molecule has 0 amide bonds. The molecular weight excluding hydrogens is 319 g/mol. The van der Waals surface area contributed by atoms with Crippen molar-refractivity contribution in [2.24, 2.45) is 0 Å². The highest BCUT2D eigenvalue weighted by Crippen LogP contribution is 2.37. The summed E-state index contributed by atoms with van der Waals surface area (Å²) in [4.78, 5) is 7.07. The lowest BCUT2D eigenvalue weighted by atomic mass is 9.79. The molecule has 6 heteroatoms. The molecule has 1 fully saturated rings. The summed E-state index contributed by atoms with van der Waals surface area (Å²) >= 11 is 1.75. The second kappa shape index (κ2) is 5.53. The molecule has 0 bridgehead atoms. The highest BCUT2D eigenvalue weighted by Gasteiger charge is 2.51. The van der Waals surface area contributed by atoms with Crippen LogP contribution in [-0.2, 0) is 14.8 Å². The standard InChI is InChI=1S/C18H27BN2O2S/c1-16(2,21(7)8)15-20-13-11-12(9-10-14(13)24-15)19-22-17(3,4)18(5,6)23-19/h9-11H,1-8H3. The second-order valence-corrected chi connectivity index (χ2v) is 9.32. The predicted molar refractivity (Wildman–Crippen MR) is 102 cm³/mol. The number of fused-ring (bicyclic) bond motifs is 1. The first kappa shape index (κ1) is 17.9. The van der Waals surface area contributed by atoms with Crippen LogP contribution in [0.3, 0.4) is 0 Å². The van der Waals surface area contributed by atoms with E-state index in [1.54, 1.807) is 11.3 Å². The van der Waals surface area contributed by atoms with Gasteiger partial charge in [0.25, 0.3) is 0 Å². The van der Waals surface area contributed by atoms with Crippen LogP contribution in [0.5, 0.6) is 0 Å². The third-order valence-electron chi connectivity index (χ3n) is 5.58. The van der Waals surface area contributed by atoms with Gasteiger partial charge in [-0.2, -0.15) is 0 Å². The largest absolute Gasteiger partial charge is 0.494 e. The van der Waals surface area contributed by atoms with Gasteiger partial charge in [0.15, 0.2) is 0 Å². The van der Waals surface area contributed by atoms with Crippen molar-refractivity contribution in [3.05, 3.63) is 23.2 Å². The van der Waals surface area contributed by atoms with E-state index in [2.05, 4.69) is 78.7 Å². The van der Waals surface area contributed by atoms with Gasteiger partial charge in [0.2, 0.25) is 0 Å². The summed E-state index contributed by atoms with van der Waals surface area (Å²) in [6.45, 7) is 12.7. The minimum absolute atomic E-state index is 0.0891. The number of nitrogens with zero attached hydrogens (tertiary/aromatic N) is 2. The Kier molecular flexibility index (Phi) is 4.11. The summed E-state index contributed by atoms with van der Waals surface area (Å²) in [6, 6.07) is 6.32. The Bertz CT molecular complexity index is 751. The molecule has 1 aliphatic heterocycles. The average molecular weight is 346 g/mol. The molecule has 0 radical (unpaired) electrons. The van der Waals surface area contributed by atoms with E-state index < -0.39 is 0 Å². The molecule has 0 unspecified atom stereocenters. The normalized spacial score (nSPS) is 20.3. The molecular formula is C18H27BN2O2S. The third kappa shape index (κ3) is 2.79. The highest BCUT2D eigenvalue weighted by atomic mass is 32.1. The van der Waals surface area contributed by atoms with Crippen LogP contribution in [0, 0.1) is 0 Å². The topological polar surface area (TPSA) is 34.6 Å². The van der Waals surface area contributed by atoms with Crippen molar-refractivity contribution in [1.82, 2.24) is 9.88 Å². The van der Waals surface area contributed by atoms with Crippen LogP contribution in [0.15, 0.2) is 18.2 Å². The van der Waals surface area contributed by atoms with Gasteiger partial charge in [0.1, 0.15) is 5.01 Å². The first-order valence-electron chi connectivity index (χ1n) is 8.38. The van der Waals surface area contributed by atoms with Gasteiger partial charge in [-0.25, -0.2) is 4.98 Å². The monoisotopic (exact) mass is 346 g/mol. The van der Waals surface area contributed by atoms with Gasteiger partial charge >= 0.3 is 7.12 Å². The van der Waals surface area contributed by atoms with Crippen LogP contribution < -0.4 is 5.46 Å². The van der Waals surface area contributed by atoms with E-state index in [0.29, 0.717) is 0 Å². The van der Waals surface area contributed by atoms with Gasteiger partial charge in [0.05, 0.1) is 27.0 Å². The summed E-state index contributed by atoms with van der Waals surface area (Å²) in [7, 11) is 3.83. The third-order valence-corrected chi connectivity index (χ3v) is 6.93. The molecule has 1 aliphatic rings. The van der Waals surface area contributed by atoms with Crippen molar-refractivity contribution < 1.29 is 9.31 Å². The first-order chi connectivity index (χ1) is 10.9. The summed E-state index contributed by atoms with van der Waals surface area (Å²) in [5.74, 6) is 0. The lowest BCUT2D eigenvalue weighted by molar-refractivity contribution is 0.00578. The molecule has 1 saturated heterocycles. The lowest BCUT2D eigenvalue weighted by Crippen LogP contribution is -2.41. The predicted octanol–water partition coefficient (Wildman–Crippen LogP) is 3.39. The van der Waals surface area contributed by atoms with E-state index in [1.807, 2.05) is 0 Å². The molecule has 0 atom stereocenters. The SMILES string of the molecule is CN(C)C(C)(C)c1nc2cc(B3OC(C)(C)C(C)(C)O3)ccc2s1. The van der Waals surface area contributed by atoms with Crippen molar-refractivity contribution in [1.29, 1.82) is 0 Å². The van der Waals surface area contributed by atoms with E-state index in [1.165, 1.54) is 4.70 Å². The molecule has 2 aromatic rings. The quantitative estimate of drug-likeness (QED) is 0.798. The van der Waals surface area contributed by atoms with Gasteiger partial charge in [-0.05, 0) is 73.2 Å². The van der Waals surface area contributed by atoms with Gasteiger partial charge in [-0.15, -0.1) is 11.3 Å². The van der Waals surface area contributed by atoms with Gasteiger partial charge in [-0.3, -0.25) is 4.90 Å². The Balaban J connectivity index is 1.96. The molecule has 4 nitrogen and oxygen atoms in total. The highest BCUT2D eigenvalue weighted by molar-refractivity contribution is 7.18. The summed E-state index contributed by atoms with van der Waals surface area (Å²) in [5.41, 5.74) is 1.30. The zero-order valence-corrected chi connectivity index (χ0v) is 16.7. The molecule has 1 aromatic carbocycles. The van der Waals surface area contributed by atoms with E-state index in [4.69, 9.17) is 14.3 Å². The molecule has 24 heavy (non-hydrogen) atoms. The van der Waals surface area contributed by atoms with Crippen LogP contribution in [0.2, 0.25) is 0 Å². The van der Waals surface area contributed by atoms with Gasteiger partial charge < -0.3 is 9.31 Å². The Morgan fingerprint density at radius 1 is 1.08 bits per heavy atom. The van der Waals surface area contributed by atoms with Crippen LogP contribution in [0.25, 0.3) is 10.2 Å². The number of thiazole rings is 1. The molecule has 0 N–H and O–H groups in total. The maximum Gasteiger partial charge on any atom is 0.494 e. The van der Waals surface area contributed by atoms with Crippen LogP contribution >= 0.6 is 11.3 Å². The van der Waals surface area contributed by atoms with Crippen molar-refractivity contribution in [2.75, 3.05) is 14.1 Å². The summed E-state index contributed by atoms with van der Waals surface area (Å²) in [5, 5.41) is 1.12. The maximum atomic E-state index is 6.16. The fraction of sp³-hybridized carbons (Fsp3) is 0.611. The number of hydrogen-bond donors (Lipinski definition) is 0. The smallest absolute Gasteiger partial charge is 0.399 e. The van der Waals surface area contributed by atoms with E-state index in [0.717, 1.165) is 16.0 Å². The van der Waals surface area contributed by atoms with Crippen LogP contribution in [-0.4, -0.2) is 42.3 Å². The molecule has 1 aromatic heterocycles. The van der Waals surface area contributed by atoms with E-state index in [-0.39, 0.29) is 23.9 Å². The Morgan fingerprint density at radius 3 is 2.21 bits per heavy atom. The van der Waals surface area contributed by atoms with E-state index in [9.17, 15) is 0 Å². The van der Waals surface area contributed by atoms with E-state index >= 15 is 0 Å². The summed E-state index contributed by atoms with van der Waals surface area (Å²) in [6.07, 6.45) is 0. The fourth-order valence-corrected chi connectivity index (χ4v) is 3.65. The average Bonchev–Trinajstić information content (AvgIpc) is 2.97. The lowest BCUT2D eigenvalue weighted by Gasteiger charge is -2.32. The maximum absolute atomic E-state index is 6.16. The molecule has 3 rings (SSSR count). The second-order valence-electron chi connectivity index (χ2n) is 8.29. The van der Waals surface area contributed by atoms with Gasteiger partial charge in [-0.1, -0.05) is 6.07 Å². The Labute approximate surface area is 149 Å². The number of benzene rings is 1. The minimum Gasteiger partial charge on any atom is -0.399 e. The van der Waals surface area contributed by atoms with Crippen LogP contribution in [0.4, 0.5) is 0 Å². The van der Waals surface area contributed by atoms with Gasteiger partial charge in [0, 0.05) is 0 Å².